The van der Waals surface area contributed by atoms with Crippen molar-refractivity contribution in [2.45, 2.75) is 25.9 Å². The number of allylic oxidation sites excluding steroid dienone is 1. The second-order valence-electron chi connectivity index (χ2n) is 3.94. The zero-order valence-corrected chi connectivity index (χ0v) is 10.00. The predicted molar refractivity (Wildman–Crippen MR) is 65.7 cm³/mol. The Morgan fingerprint density at radius 3 is 3.25 bits per heavy atom. The van der Waals surface area contributed by atoms with E-state index >= 15 is 0 Å². The van der Waals surface area contributed by atoms with Crippen molar-refractivity contribution >= 4 is 17.3 Å². The maximum absolute atomic E-state index is 5.99. The predicted octanol–water partition coefficient (Wildman–Crippen LogP) is 3.15. The molecule has 0 radical (unpaired) electrons. The van der Waals surface area contributed by atoms with Crippen LogP contribution in [0.1, 0.15) is 18.4 Å². The van der Waals surface area contributed by atoms with E-state index in [1.807, 2.05) is 19.1 Å². The molecule has 1 N–H and O–H groups in total. The number of halogens is 1. The van der Waals surface area contributed by atoms with Gasteiger partial charge < -0.3 is 10.1 Å². The van der Waals surface area contributed by atoms with Crippen LogP contribution in [0.4, 0.5) is 5.69 Å². The highest BCUT2D eigenvalue weighted by Crippen LogP contribution is 2.20. The number of ether oxygens (including phenoxy) is 1. The van der Waals surface area contributed by atoms with E-state index in [0.29, 0.717) is 5.15 Å². The average Bonchev–Trinajstić information content (AvgIpc) is 2.32. The second-order valence-corrected chi connectivity index (χ2v) is 4.30. The van der Waals surface area contributed by atoms with Crippen LogP contribution in [0.5, 0.6) is 0 Å². The number of hydrogen-bond acceptors (Lipinski definition) is 3. The zero-order valence-electron chi connectivity index (χ0n) is 9.24. The number of rotatable bonds is 3. The lowest BCUT2D eigenvalue weighted by molar-refractivity contribution is 0.135. The van der Waals surface area contributed by atoms with Gasteiger partial charge in [-0.2, -0.15) is 0 Å². The van der Waals surface area contributed by atoms with Crippen molar-refractivity contribution in [2.24, 2.45) is 0 Å². The third kappa shape index (κ3) is 2.89. The Balaban J connectivity index is 1.93. The van der Waals surface area contributed by atoms with Crippen LogP contribution in [0, 0.1) is 6.92 Å². The van der Waals surface area contributed by atoms with Crippen LogP contribution in [-0.4, -0.2) is 17.6 Å². The molecule has 16 heavy (non-hydrogen) atoms. The Bertz CT molecular complexity index is 393. The fraction of sp³-hybridized carbons (Fsp3) is 0.417. The topological polar surface area (TPSA) is 34.2 Å². The molecular weight excluding hydrogens is 224 g/mol. The van der Waals surface area contributed by atoms with Crippen LogP contribution < -0.4 is 5.32 Å². The molecule has 1 aromatic heterocycles. The summed E-state index contributed by atoms with van der Waals surface area (Å²) in [6.07, 6.45) is 7.91. The van der Waals surface area contributed by atoms with E-state index in [1.165, 1.54) is 0 Å². The zero-order chi connectivity index (χ0) is 11.4. The van der Waals surface area contributed by atoms with Crippen molar-refractivity contribution in [1.29, 1.82) is 0 Å². The number of nitrogens with one attached hydrogen (secondary N) is 1. The van der Waals surface area contributed by atoms with E-state index < -0.39 is 0 Å². The normalized spacial score (nSPS) is 19.2. The van der Waals surface area contributed by atoms with E-state index in [1.54, 1.807) is 12.5 Å². The summed E-state index contributed by atoms with van der Waals surface area (Å²) in [5.74, 6) is 0. The van der Waals surface area contributed by atoms with Crippen molar-refractivity contribution in [1.82, 2.24) is 4.98 Å². The van der Waals surface area contributed by atoms with E-state index in [9.17, 15) is 0 Å². The Hall–Kier alpha value is -1.22. The summed E-state index contributed by atoms with van der Waals surface area (Å²) in [5, 5.41) is 3.78. The molecule has 1 aromatic rings. The van der Waals surface area contributed by atoms with E-state index in [-0.39, 0.29) is 6.10 Å². The lowest BCUT2D eigenvalue weighted by Gasteiger charge is -2.20. The minimum Gasteiger partial charge on any atom is -0.497 e. The Kier molecular flexibility index (Phi) is 3.67. The van der Waals surface area contributed by atoms with Crippen LogP contribution in [0.2, 0.25) is 5.15 Å². The standard InChI is InChI=1S/C12H15ClN2O/c1-9-6-11(12(13)15-7-9)14-8-10-4-2-3-5-16-10/h3,5-7,10,14H,2,4,8H2,1H3. The molecule has 0 fully saturated rings. The Labute approximate surface area is 100 Å². The molecule has 86 valence electrons. The fourth-order valence-electron chi connectivity index (χ4n) is 1.64. The van der Waals surface area contributed by atoms with Gasteiger partial charge in [0.25, 0.3) is 0 Å². The maximum Gasteiger partial charge on any atom is 0.152 e. The first kappa shape index (κ1) is 11.3. The smallest absolute Gasteiger partial charge is 0.152 e. The molecule has 2 heterocycles. The van der Waals surface area contributed by atoms with Gasteiger partial charge in [0.1, 0.15) is 6.10 Å². The number of aromatic nitrogens is 1. The Morgan fingerprint density at radius 2 is 2.50 bits per heavy atom. The molecule has 1 unspecified atom stereocenters. The summed E-state index contributed by atoms with van der Waals surface area (Å²) in [6.45, 7) is 2.75. The molecule has 0 amide bonds. The van der Waals surface area contributed by atoms with Crippen LogP contribution in [-0.2, 0) is 4.74 Å². The number of nitrogens with zero attached hydrogens (tertiary/aromatic N) is 1. The molecular formula is C12H15ClN2O. The van der Waals surface area contributed by atoms with E-state index in [2.05, 4.69) is 10.3 Å². The highest BCUT2D eigenvalue weighted by atomic mass is 35.5. The number of anilines is 1. The van der Waals surface area contributed by atoms with Gasteiger partial charge in [-0.05, 0) is 37.5 Å². The van der Waals surface area contributed by atoms with Crippen LogP contribution >= 0.6 is 11.6 Å². The van der Waals surface area contributed by atoms with Gasteiger partial charge in [0.05, 0.1) is 18.5 Å². The third-order valence-corrected chi connectivity index (χ3v) is 2.82. The molecule has 0 saturated heterocycles. The number of aryl methyl sites for hydroxylation is 1. The van der Waals surface area contributed by atoms with E-state index in [4.69, 9.17) is 16.3 Å². The molecule has 0 aromatic carbocycles. The van der Waals surface area contributed by atoms with Gasteiger partial charge in [-0.1, -0.05) is 11.6 Å². The first-order valence-electron chi connectivity index (χ1n) is 5.42. The average molecular weight is 239 g/mol. The molecule has 0 aliphatic carbocycles. The lowest BCUT2D eigenvalue weighted by Crippen LogP contribution is -2.23. The summed E-state index contributed by atoms with van der Waals surface area (Å²) >= 11 is 5.99. The molecule has 2 rings (SSSR count). The maximum atomic E-state index is 5.99. The second kappa shape index (κ2) is 5.21. The minimum absolute atomic E-state index is 0.224. The SMILES string of the molecule is Cc1cnc(Cl)c(NCC2CCC=CO2)c1. The number of pyridine rings is 1. The molecule has 0 saturated carbocycles. The van der Waals surface area contributed by atoms with Crippen molar-refractivity contribution in [3.63, 3.8) is 0 Å². The largest absolute Gasteiger partial charge is 0.497 e. The molecule has 1 aliphatic rings. The fourth-order valence-corrected chi connectivity index (χ4v) is 1.81. The van der Waals surface area contributed by atoms with Crippen molar-refractivity contribution < 1.29 is 4.74 Å². The van der Waals surface area contributed by atoms with Gasteiger partial charge in [0.15, 0.2) is 5.15 Å². The van der Waals surface area contributed by atoms with Crippen molar-refractivity contribution in [2.75, 3.05) is 11.9 Å². The summed E-state index contributed by atoms with van der Waals surface area (Å²) in [5.41, 5.74) is 1.97. The Morgan fingerprint density at radius 1 is 1.62 bits per heavy atom. The summed E-state index contributed by atoms with van der Waals surface area (Å²) in [6, 6.07) is 1.99. The first-order chi connectivity index (χ1) is 7.75. The third-order valence-electron chi connectivity index (χ3n) is 2.52. The van der Waals surface area contributed by atoms with Gasteiger partial charge in [0.2, 0.25) is 0 Å². The highest BCUT2D eigenvalue weighted by Gasteiger charge is 2.11. The van der Waals surface area contributed by atoms with Gasteiger partial charge in [-0.15, -0.1) is 0 Å². The highest BCUT2D eigenvalue weighted by molar-refractivity contribution is 6.31. The minimum atomic E-state index is 0.224. The van der Waals surface area contributed by atoms with Crippen molar-refractivity contribution in [3.8, 4) is 0 Å². The van der Waals surface area contributed by atoms with Gasteiger partial charge >= 0.3 is 0 Å². The summed E-state index contributed by atoms with van der Waals surface area (Å²) in [4.78, 5) is 4.09. The molecule has 0 bridgehead atoms. The van der Waals surface area contributed by atoms with Gasteiger partial charge in [-0.3, -0.25) is 0 Å². The van der Waals surface area contributed by atoms with Crippen molar-refractivity contribution in [3.05, 3.63) is 35.3 Å². The monoisotopic (exact) mass is 238 g/mol. The molecule has 3 nitrogen and oxygen atoms in total. The number of hydrogen-bond donors (Lipinski definition) is 1. The molecule has 1 atom stereocenters. The van der Waals surface area contributed by atoms with Crippen LogP contribution in [0.3, 0.4) is 0 Å². The van der Waals surface area contributed by atoms with E-state index in [0.717, 1.165) is 30.6 Å². The molecule has 1 aliphatic heterocycles. The first-order valence-corrected chi connectivity index (χ1v) is 5.80. The van der Waals surface area contributed by atoms with Gasteiger partial charge in [0, 0.05) is 6.20 Å². The lowest BCUT2D eigenvalue weighted by atomic mass is 10.1. The summed E-state index contributed by atoms with van der Waals surface area (Å²) < 4.78 is 5.46. The molecule has 4 heteroatoms. The van der Waals surface area contributed by atoms with Gasteiger partial charge in [-0.25, -0.2) is 4.98 Å². The summed E-state index contributed by atoms with van der Waals surface area (Å²) in [7, 11) is 0. The molecule has 0 spiro atoms. The quantitative estimate of drug-likeness (QED) is 0.822. The van der Waals surface area contributed by atoms with Crippen LogP contribution in [0.15, 0.2) is 24.6 Å². The van der Waals surface area contributed by atoms with Crippen LogP contribution in [0.25, 0.3) is 0 Å².